The molecule has 1 aliphatic carbocycles. The average Bonchev–Trinajstić information content (AvgIpc) is 2.32. The third-order valence-electron chi connectivity index (χ3n) is 4.47. The van der Waals surface area contributed by atoms with Crippen LogP contribution in [0.1, 0.15) is 58.9 Å². The summed E-state index contributed by atoms with van der Waals surface area (Å²) in [6, 6.07) is 8.97. The number of benzene rings is 1. The van der Waals surface area contributed by atoms with E-state index in [9.17, 15) is 0 Å². The fraction of sp³-hybridized carbons (Fsp3) is 0.667. The van der Waals surface area contributed by atoms with E-state index in [2.05, 4.69) is 73.2 Å². The van der Waals surface area contributed by atoms with Crippen molar-refractivity contribution in [3.63, 3.8) is 0 Å². The van der Waals surface area contributed by atoms with Crippen LogP contribution < -0.4 is 5.32 Å². The van der Waals surface area contributed by atoms with E-state index in [1.165, 1.54) is 35.7 Å². The van der Waals surface area contributed by atoms with Crippen LogP contribution in [0.15, 0.2) is 28.7 Å². The van der Waals surface area contributed by atoms with Crippen LogP contribution in [-0.4, -0.2) is 12.1 Å². The minimum atomic E-state index is 0.193. The van der Waals surface area contributed by atoms with Crippen molar-refractivity contribution >= 4 is 15.9 Å². The van der Waals surface area contributed by atoms with E-state index in [0.29, 0.717) is 5.41 Å². The zero-order valence-electron chi connectivity index (χ0n) is 13.3. The Hall–Kier alpha value is -0.340. The summed E-state index contributed by atoms with van der Waals surface area (Å²) in [5.41, 5.74) is 2.05. The third-order valence-corrected chi connectivity index (χ3v) is 5.00. The molecule has 0 aliphatic heterocycles. The molecule has 0 bridgehead atoms. The van der Waals surface area contributed by atoms with Crippen molar-refractivity contribution in [2.45, 2.75) is 64.3 Å². The molecule has 2 heteroatoms. The van der Waals surface area contributed by atoms with Gasteiger partial charge in [-0.15, -0.1) is 0 Å². The minimum absolute atomic E-state index is 0.193. The van der Waals surface area contributed by atoms with Crippen LogP contribution >= 0.6 is 15.9 Å². The highest BCUT2D eigenvalue weighted by Gasteiger charge is 2.44. The van der Waals surface area contributed by atoms with Gasteiger partial charge in [0.1, 0.15) is 0 Å². The predicted molar refractivity (Wildman–Crippen MR) is 91.2 cm³/mol. The second kappa shape index (κ2) is 6.19. The van der Waals surface area contributed by atoms with Crippen molar-refractivity contribution in [3.05, 3.63) is 34.3 Å². The molecule has 0 atom stereocenters. The molecule has 20 heavy (non-hydrogen) atoms. The molecule has 1 N–H and O–H groups in total. The maximum atomic E-state index is 3.73. The van der Waals surface area contributed by atoms with Crippen LogP contribution in [0.3, 0.4) is 0 Å². The van der Waals surface area contributed by atoms with Gasteiger partial charge in [-0.25, -0.2) is 0 Å². The molecule has 1 fully saturated rings. The summed E-state index contributed by atoms with van der Waals surface area (Å²) in [6.45, 7) is 10.2. The smallest absolute Gasteiger partial charge is 0.0175 e. The van der Waals surface area contributed by atoms with Crippen LogP contribution in [0.4, 0.5) is 0 Å². The molecular formula is C18H28BrN. The highest BCUT2D eigenvalue weighted by Crippen LogP contribution is 2.49. The molecule has 1 aromatic rings. The molecule has 1 aromatic carbocycles. The van der Waals surface area contributed by atoms with E-state index in [-0.39, 0.29) is 5.54 Å². The molecule has 1 saturated carbocycles. The Balaban J connectivity index is 2.11. The molecule has 0 unspecified atom stereocenters. The first-order valence-corrected chi connectivity index (χ1v) is 8.65. The normalized spacial score (nSPS) is 26.4. The van der Waals surface area contributed by atoms with Crippen LogP contribution in [-0.2, 0) is 5.41 Å². The topological polar surface area (TPSA) is 12.0 Å². The van der Waals surface area contributed by atoms with Gasteiger partial charge in [-0.2, -0.15) is 0 Å². The van der Waals surface area contributed by atoms with Gasteiger partial charge in [0.15, 0.2) is 0 Å². The van der Waals surface area contributed by atoms with Gasteiger partial charge in [-0.1, -0.05) is 47.8 Å². The maximum absolute atomic E-state index is 3.73. The third kappa shape index (κ3) is 3.85. The minimum Gasteiger partial charge on any atom is -0.311 e. The van der Waals surface area contributed by atoms with Gasteiger partial charge >= 0.3 is 0 Å². The van der Waals surface area contributed by atoms with E-state index in [1.807, 2.05) is 0 Å². The lowest BCUT2D eigenvalue weighted by atomic mass is 9.57. The molecule has 0 spiro atoms. The zero-order valence-corrected chi connectivity index (χ0v) is 14.9. The van der Waals surface area contributed by atoms with Crippen molar-refractivity contribution in [1.29, 1.82) is 0 Å². The Bertz CT molecular complexity index is 424. The number of hydrogen-bond acceptors (Lipinski definition) is 1. The summed E-state index contributed by atoms with van der Waals surface area (Å²) < 4.78 is 1.17. The molecular weight excluding hydrogens is 310 g/mol. The number of nitrogens with one attached hydrogen (secondary N) is 1. The van der Waals surface area contributed by atoms with Crippen LogP contribution in [0.5, 0.6) is 0 Å². The molecule has 1 nitrogen and oxygen atoms in total. The molecule has 0 aromatic heterocycles. The fourth-order valence-corrected chi connectivity index (χ4v) is 3.64. The van der Waals surface area contributed by atoms with Gasteiger partial charge in [0, 0.05) is 22.0 Å². The van der Waals surface area contributed by atoms with E-state index in [4.69, 9.17) is 0 Å². The van der Waals surface area contributed by atoms with E-state index in [1.54, 1.807) is 0 Å². The highest BCUT2D eigenvalue weighted by atomic mass is 79.9. The Morgan fingerprint density at radius 1 is 1.20 bits per heavy atom. The summed E-state index contributed by atoms with van der Waals surface area (Å²) >= 11 is 3.54. The molecule has 1 aliphatic rings. The van der Waals surface area contributed by atoms with E-state index < -0.39 is 0 Å². The highest BCUT2D eigenvalue weighted by molar-refractivity contribution is 9.10. The molecule has 0 heterocycles. The summed E-state index contributed by atoms with van der Waals surface area (Å²) in [6.07, 6.45) is 5.37. The molecule has 112 valence electrons. The predicted octanol–water partition coefficient (Wildman–Crippen LogP) is 5.29. The van der Waals surface area contributed by atoms with Crippen LogP contribution in [0, 0.1) is 5.92 Å². The van der Waals surface area contributed by atoms with Crippen molar-refractivity contribution in [1.82, 2.24) is 5.32 Å². The second-order valence-electron chi connectivity index (χ2n) is 7.45. The fourth-order valence-electron chi connectivity index (χ4n) is 3.38. The monoisotopic (exact) mass is 337 g/mol. The first-order chi connectivity index (χ1) is 9.35. The molecule has 0 amide bonds. The largest absolute Gasteiger partial charge is 0.311 e. The van der Waals surface area contributed by atoms with E-state index in [0.717, 1.165) is 12.5 Å². The Morgan fingerprint density at radius 2 is 1.80 bits per heavy atom. The first-order valence-electron chi connectivity index (χ1n) is 7.86. The lowest BCUT2D eigenvalue weighted by molar-refractivity contribution is 0.120. The second-order valence-corrected chi connectivity index (χ2v) is 8.37. The lowest BCUT2D eigenvalue weighted by Crippen LogP contribution is -2.52. The number of halogens is 1. The van der Waals surface area contributed by atoms with Gasteiger partial charge in [-0.3, -0.25) is 0 Å². The van der Waals surface area contributed by atoms with Crippen molar-refractivity contribution in [2.24, 2.45) is 5.92 Å². The van der Waals surface area contributed by atoms with Crippen LogP contribution in [0.25, 0.3) is 0 Å². The Labute approximate surface area is 132 Å². The lowest BCUT2D eigenvalue weighted by Gasteiger charge is -2.50. The molecule has 2 rings (SSSR count). The average molecular weight is 338 g/mol. The number of hydrogen-bond donors (Lipinski definition) is 1. The summed E-state index contributed by atoms with van der Waals surface area (Å²) in [5.74, 6) is 0.922. The Kier molecular flexibility index (Phi) is 4.96. The van der Waals surface area contributed by atoms with Gasteiger partial charge < -0.3 is 5.32 Å². The van der Waals surface area contributed by atoms with Crippen molar-refractivity contribution < 1.29 is 0 Å². The van der Waals surface area contributed by atoms with Gasteiger partial charge in [0.05, 0.1) is 0 Å². The van der Waals surface area contributed by atoms with E-state index >= 15 is 0 Å². The van der Waals surface area contributed by atoms with Crippen molar-refractivity contribution in [2.75, 3.05) is 6.54 Å². The van der Waals surface area contributed by atoms with Crippen LogP contribution in [0.2, 0.25) is 0 Å². The van der Waals surface area contributed by atoms with Gasteiger partial charge in [0.2, 0.25) is 0 Å². The SMILES string of the molecule is CCCC1CC(CNC(C)(C)C)(c2ccc(Br)cc2)C1. The standard InChI is InChI=1S/C18H28BrN/c1-5-6-14-11-18(12-14,13-20-17(2,3)4)15-7-9-16(19)10-8-15/h7-10,14,20H,5-6,11-13H2,1-4H3. The maximum Gasteiger partial charge on any atom is 0.0175 e. The van der Waals surface area contributed by atoms with Gasteiger partial charge in [0.25, 0.3) is 0 Å². The molecule has 0 saturated heterocycles. The Morgan fingerprint density at radius 3 is 2.30 bits per heavy atom. The molecule has 0 radical (unpaired) electrons. The van der Waals surface area contributed by atoms with Crippen molar-refractivity contribution in [3.8, 4) is 0 Å². The van der Waals surface area contributed by atoms with Gasteiger partial charge in [-0.05, 0) is 57.2 Å². The number of rotatable bonds is 5. The summed E-state index contributed by atoms with van der Waals surface area (Å²) in [7, 11) is 0. The summed E-state index contributed by atoms with van der Waals surface area (Å²) in [5, 5.41) is 3.73. The summed E-state index contributed by atoms with van der Waals surface area (Å²) in [4.78, 5) is 0. The quantitative estimate of drug-likeness (QED) is 0.770. The zero-order chi connectivity index (χ0) is 14.8. The first kappa shape index (κ1) is 16.0.